The molecule has 0 radical (unpaired) electrons. The fraction of sp³-hybridized carbons (Fsp3) is 0.267. The van der Waals surface area contributed by atoms with Crippen LogP contribution in [0.25, 0.3) is 10.9 Å². The average molecular weight is 255 g/mol. The van der Waals surface area contributed by atoms with Crippen molar-refractivity contribution in [2.45, 2.75) is 26.6 Å². The lowest BCUT2D eigenvalue weighted by molar-refractivity contribution is 0.282. The molecule has 3 aromatic rings. The highest BCUT2D eigenvalue weighted by Crippen LogP contribution is 2.19. The van der Waals surface area contributed by atoms with Crippen molar-refractivity contribution >= 4 is 10.9 Å². The van der Waals surface area contributed by atoms with Crippen molar-refractivity contribution in [1.82, 2.24) is 14.3 Å². The topological polar surface area (TPSA) is 43.0 Å². The van der Waals surface area contributed by atoms with Gasteiger partial charge in [-0.25, -0.2) is 0 Å². The first kappa shape index (κ1) is 12.0. The lowest BCUT2D eigenvalue weighted by Crippen LogP contribution is -1.97. The molecule has 0 spiro atoms. The molecule has 0 amide bonds. The molecule has 3 rings (SSSR count). The summed E-state index contributed by atoms with van der Waals surface area (Å²) in [6.07, 6.45) is 6.07. The smallest absolute Gasteiger partial charge is 0.0682 e. The minimum absolute atomic E-state index is 0.0877. The third-order valence-corrected chi connectivity index (χ3v) is 3.38. The van der Waals surface area contributed by atoms with Crippen LogP contribution in [-0.2, 0) is 19.7 Å². The number of nitrogens with zero attached hydrogens (tertiary/aromatic N) is 3. The lowest BCUT2D eigenvalue weighted by Gasteiger charge is -2.04. The fourth-order valence-corrected chi connectivity index (χ4v) is 2.34. The zero-order valence-electron chi connectivity index (χ0n) is 11.0. The molecule has 0 aliphatic heterocycles. The maximum atomic E-state index is 9.15. The van der Waals surface area contributed by atoms with Crippen LogP contribution in [0.4, 0.5) is 0 Å². The van der Waals surface area contributed by atoms with E-state index in [1.54, 1.807) is 0 Å². The Bertz CT molecular complexity index is 696. The summed E-state index contributed by atoms with van der Waals surface area (Å²) < 4.78 is 4.14. The van der Waals surface area contributed by atoms with E-state index in [1.807, 2.05) is 23.0 Å². The van der Waals surface area contributed by atoms with Gasteiger partial charge in [0, 0.05) is 30.0 Å². The van der Waals surface area contributed by atoms with Gasteiger partial charge in [0.2, 0.25) is 0 Å². The van der Waals surface area contributed by atoms with E-state index < -0.39 is 0 Å². The number of hydrogen-bond acceptors (Lipinski definition) is 2. The number of rotatable bonds is 4. The van der Waals surface area contributed by atoms with Crippen molar-refractivity contribution in [2.24, 2.45) is 0 Å². The molecule has 19 heavy (non-hydrogen) atoms. The number of aryl methyl sites for hydroxylation is 1. The van der Waals surface area contributed by atoms with Gasteiger partial charge in [0.15, 0.2) is 0 Å². The number of aromatic nitrogens is 3. The molecular weight excluding hydrogens is 238 g/mol. The Morgan fingerprint density at radius 2 is 2.11 bits per heavy atom. The highest BCUT2D eigenvalue weighted by Gasteiger charge is 2.04. The van der Waals surface area contributed by atoms with Gasteiger partial charge in [0.1, 0.15) is 0 Å². The van der Waals surface area contributed by atoms with Crippen LogP contribution in [0.15, 0.2) is 42.9 Å². The second-order valence-corrected chi connectivity index (χ2v) is 4.70. The Morgan fingerprint density at radius 3 is 2.84 bits per heavy atom. The normalized spacial score (nSPS) is 11.3. The van der Waals surface area contributed by atoms with Gasteiger partial charge in [-0.1, -0.05) is 6.07 Å². The van der Waals surface area contributed by atoms with Gasteiger partial charge >= 0.3 is 0 Å². The minimum Gasteiger partial charge on any atom is -0.392 e. The second-order valence-electron chi connectivity index (χ2n) is 4.70. The monoisotopic (exact) mass is 255 g/mol. The molecule has 98 valence electrons. The van der Waals surface area contributed by atoms with Crippen molar-refractivity contribution in [3.8, 4) is 0 Å². The number of aliphatic hydroxyl groups excluding tert-OH is 1. The van der Waals surface area contributed by atoms with Crippen molar-refractivity contribution < 1.29 is 5.11 Å². The Morgan fingerprint density at radius 1 is 1.21 bits per heavy atom. The van der Waals surface area contributed by atoms with Crippen LogP contribution >= 0.6 is 0 Å². The van der Waals surface area contributed by atoms with Crippen LogP contribution < -0.4 is 0 Å². The number of hydrogen-bond donors (Lipinski definition) is 1. The summed E-state index contributed by atoms with van der Waals surface area (Å²) in [4.78, 5) is 0. The van der Waals surface area contributed by atoms with E-state index in [1.165, 1.54) is 11.1 Å². The quantitative estimate of drug-likeness (QED) is 0.778. The molecule has 0 bridgehead atoms. The highest BCUT2D eigenvalue weighted by molar-refractivity contribution is 5.80. The number of benzene rings is 1. The standard InChI is InChI=1S/C15H17N3O/c1-2-18-10-13(8-16-18)9-17-6-5-14-7-12(11-19)3-4-15(14)17/h3-8,10,19H,2,9,11H2,1H3. The molecule has 1 aromatic carbocycles. The molecule has 0 aliphatic carbocycles. The third kappa shape index (κ3) is 2.27. The zero-order valence-corrected chi connectivity index (χ0v) is 11.0. The molecular formula is C15H17N3O. The molecule has 4 nitrogen and oxygen atoms in total. The van der Waals surface area contributed by atoms with Crippen LogP contribution in [-0.4, -0.2) is 19.5 Å². The average Bonchev–Trinajstić information content (AvgIpc) is 3.06. The van der Waals surface area contributed by atoms with Gasteiger partial charge in [0.25, 0.3) is 0 Å². The van der Waals surface area contributed by atoms with Gasteiger partial charge in [-0.2, -0.15) is 5.10 Å². The van der Waals surface area contributed by atoms with Crippen LogP contribution in [0.5, 0.6) is 0 Å². The number of fused-ring (bicyclic) bond motifs is 1. The molecule has 0 fully saturated rings. The molecule has 0 unspecified atom stereocenters. The van der Waals surface area contributed by atoms with E-state index in [2.05, 4.69) is 41.1 Å². The van der Waals surface area contributed by atoms with E-state index >= 15 is 0 Å². The van der Waals surface area contributed by atoms with Crippen molar-refractivity contribution in [3.05, 3.63) is 54.0 Å². The zero-order chi connectivity index (χ0) is 13.2. The molecule has 2 aromatic heterocycles. The van der Waals surface area contributed by atoms with Gasteiger partial charge in [-0.3, -0.25) is 4.68 Å². The molecule has 0 saturated carbocycles. The molecule has 0 atom stereocenters. The first-order chi connectivity index (χ1) is 9.30. The molecule has 4 heteroatoms. The van der Waals surface area contributed by atoms with Gasteiger partial charge in [0.05, 0.1) is 19.3 Å². The van der Waals surface area contributed by atoms with E-state index in [0.717, 1.165) is 24.0 Å². The summed E-state index contributed by atoms with van der Waals surface area (Å²) >= 11 is 0. The van der Waals surface area contributed by atoms with E-state index in [-0.39, 0.29) is 6.61 Å². The molecule has 0 saturated heterocycles. The van der Waals surface area contributed by atoms with Crippen molar-refractivity contribution in [3.63, 3.8) is 0 Å². The maximum absolute atomic E-state index is 9.15. The molecule has 0 aliphatic rings. The second kappa shape index (κ2) is 4.90. The summed E-state index contributed by atoms with van der Waals surface area (Å²) in [6.45, 7) is 3.89. The van der Waals surface area contributed by atoms with Crippen molar-refractivity contribution in [2.75, 3.05) is 0 Å². The summed E-state index contributed by atoms with van der Waals surface area (Å²) in [6, 6.07) is 8.14. The van der Waals surface area contributed by atoms with Crippen LogP contribution in [0.2, 0.25) is 0 Å². The van der Waals surface area contributed by atoms with E-state index in [4.69, 9.17) is 5.11 Å². The Balaban J connectivity index is 1.92. The first-order valence-electron chi connectivity index (χ1n) is 6.50. The summed E-state index contributed by atoms with van der Waals surface area (Å²) in [5, 5.41) is 14.6. The number of aliphatic hydroxyl groups is 1. The predicted octanol–water partition coefficient (Wildman–Crippen LogP) is 2.40. The largest absolute Gasteiger partial charge is 0.392 e. The summed E-state index contributed by atoms with van der Waals surface area (Å²) in [5.41, 5.74) is 3.33. The summed E-state index contributed by atoms with van der Waals surface area (Å²) in [5.74, 6) is 0. The Kier molecular flexibility index (Phi) is 3.09. The lowest BCUT2D eigenvalue weighted by atomic mass is 10.2. The van der Waals surface area contributed by atoms with Crippen LogP contribution in [0, 0.1) is 0 Å². The van der Waals surface area contributed by atoms with Gasteiger partial charge in [-0.05, 0) is 36.1 Å². The Hall–Kier alpha value is -2.07. The summed E-state index contributed by atoms with van der Waals surface area (Å²) in [7, 11) is 0. The van der Waals surface area contributed by atoms with Gasteiger partial charge < -0.3 is 9.67 Å². The third-order valence-electron chi connectivity index (χ3n) is 3.38. The van der Waals surface area contributed by atoms with Gasteiger partial charge in [-0.15, -0.1) is 0 Å². The molecule has 1 N–H and O–H groups in total. The maximum Gasteiger partial charge on any atom is 0.0682 e. The Labute approximate surface area is 111 Å². The van der Waals surface area contributed by atoms with E-state index in [0.29, 0.717) is 0 Å². The first-order valence-corrected chi connectivity index (χ1v) is 6.50. The predicted molar refractivity (Wildman–Crippen MR) is 74.9 cm³/mol. The fourth-order valence-electron chi connectivity index (χ4n) is 2.34. The van der Waals surface area contributed by atoms with E-state index in [9.17, 15) is 0 Å². The molecule has 2 heterocycles. The minimum atomic E-state index is 0.0877. The highest BCUT2D eigenvalue weighted by atomic mass is 16.3. The van der Waals surface area contributed by atoms with Crippen LogP contribution in [0.3, 0.4) is 0 Å². The van der Waals surface area contributed by atoms with Crippen molar-refractivity contribution in [1.29, 1.82) is 0 Å². The van der Waals surface area contributed by atoms with Crippen LogP contribution in [0.1, 0.15) is 18.1 Å². The SMILES string of the molecule is CCn1cc(Cn2ccc3cc(CO)ccc32)cn1.